The fourth-order valence-electron chi connectivity index (χ4n) is 1.42. The maximum absolute atomic E-state index is 11.2. The molecule has 17 heavy (non-hydrogen) atoms. The molecule has 4 nitrogen and oxygen atoms in total. The van der Waals surface area contributed by atoms with E-state index in [0.717, 1.165) is 24.2 Å². The van der Waals surface area contributed by atoms with Crippen molar-refractivity contribution in [2.45, 2.75) is 26.7 Å². The summed E-state index contributed by atoms with van der Waals surface area (Å²) in [5.74, 6) is 0.825. The van der Waals surface area contributed by atoms with E-state index in [9.17, 15) is 4.79 Å². The number of rotatable bonds is 6. The van der Waals surface area contributed by atoms with Crippen molar-refractivity contribution < 1.29 is 9.53 Å². The van der Waals surface area contributed by atoms with Gasteiger partial charge in [-0.15, -0.1) is 0 Å². The summed E-state index contributed by atoms with van der Waals surface area (Å²) in [6.07, 6.45) is 1.84. The molecule has 94 valence electrons. The van der Waals surface area contributed by atoms with Crippen molar-refractivity contribution in [3.05, 3.63) is 29.8 Å². The number of hydrogen-bond donors (Lipinski definition) is 2. The summed E-state index contributed by atoms with van der Waals surface area (Å²) in [5, 5.41) is 5.36. The molecule has 4 heteroatoms. The molecule has 0 fully saturated rings. The maximum atomic E-state index is 11.2. The second-order valence-corrected chi connectivity index (χ2v) is 3.68. The average molecular weight is 236 g/mol. The molecule has 2 amide bonds. The lowest BCUT2D eigenvalue weighted by Crippen LogP contribution is -2.38. The smallest absolute Gasteiger partial charge is 0.317 e. The van der Waals surface area contributed by atoms with E-state index in [2.05, 4.69) is 17.6 Å². The van der Waals surface area contributed by atoms with Crippen LogP contribution < -0.4 is 15.4 Å². The molecule has 2 N–H and O–H groups in total. The molecule has 0 atom stereocenters. The van der Waals surface area contributed by atoms with Crippen molar-refractivity contribution in [1.82, 2.24) is 10.6 Å². The first-order chi connectivity index (χ1) is 8.27. The quantitative estimate of drug-likeness (QED) is 0.745. The number of benzene rings is 1. The number of aryl methyl sites for hydroxylation is 1. The fourth-order valence-corrected chi connectivity index (χ4v) is 1.42. The predicted molar refractivity (Wildman–Crippen MR) is 68.1 cm³/mol. The number of hydrogen-bond acceptors (Lipinski definition) is 2. The molecular weight excluding hydrogens is 216 g/mol. The lowest BCUT2D eigenvalue weighted by atomic mass is 10.1. The molecule has 1 rings (SSSR count). The zero-order valence-electron chi connectivity index (χ0n) is 10.5. The van der Waals surface area contributed by atoms with Gasteiger partial charge in [0.25, 0.3) is 0 Å². The van der Waals surface area contributed by atoms with Gasteiger partial charge in [-0.1, -0.05) is 32.0 Å². The minimum absolute atomic E-state index is 0.187. The summed E-state index contributed by atoms with van der Waals surface area (Å²) in [4.78, 5) is 11.2. The lowest BCUT2D eigenvalue weighted by Gasteiger charge is -2.11. The third kappa shape index (κ3) is 4.76. The second kappa shape index (κ2) is 7.54. The van der Waals surface area contributed by atoms with Crippen LogP contribution in [0.4, 0.5) is 4.79 Å². The molecule has 0 saturated heterocycles. The van der Waals surface area contributed by atoms with Gasteiger partial charge in [0, 0.05) is 6.54 Å². The van der Waals surface area contributed by atoms with Gasteiger partial charge in [-0.05, 0) is 24.5 Å². The first kappa shape index (κ1) is 13.4. The zero-order valence-corrected chi connectivity index (χ0v) is 10.5. The topological polar surface area (TPSA) is 50.4 Å². The number of carbonyl (C=O) groups excluding carboxylic acids is 1. The molecule has 0 aliphatic heterocycles. The van der Waals surface area contributed by atoms with Gasteiger partial charge < -0.3 is 15.4 Å². The van der Waals surface area contributed by atoms with Crippen molar-refractivity contribution >= 4 is 6.03 Å². The highest BCUT2D eigenvalue weighted by Crippen LogP contribution is 2.17. The average Bonchev–Trinajstić information content (AvgIpc) is 2.37. The Morgan fingerprint density at radius 2 is 2.00 bits per heavy atom. The molecule has 1 aromatic carbocycles. The van der Waals surface area contributed by atoms with Crippen LogP contribution in [0.25, 0.3) is 0 Å². The Morgan fingerprint density at radius 3 is 2.71 bits per heavy atom. The largest absolute Gasteiger partial charge is 0.473 e. The second-order valence-electron chi connectivity index (χ2n) is 3.68. The minimum atomic E-state index is -0.194. The summed E-state index contributed by atoms with van der Waals surface area (Å²) < 4.78 is 5.51. The summed E-state index contributed by atoms with van der Waals surface area (Å²) in [6, 6.07) is 7.64. The van der Waals surface area contributed by atoms with Crippen LogP contribution in [0.2, 0.25) is 0 Å². The number of carbonyl (C=O) groups is 1. The van der Waals surface area contributed by atoms with Gasteiger partial charge in [0.05, 0.1) is 0 Å². The van der Waals surface area contributed by atoms with E-state index >= 15 is 0 Å². The van der Waals surface area contributed by atoms with Gasteiger partial charge in [0.2, 0.25) is 0 Å². The molecule has 1 aromatic rings. The maximum Gasteiger partial charge on any atom is 0.317 e. The molecule has 0 unspecified atom stereocenters. The molecule has 0 heterocycles. The van der Waals surface area contributed by atoms with Crippen LogP contribution in [0.15, 0.2) is 24.3 Å². The van der Waals surface area contributed by atoms with Crippen LogP contribution in [0.3, 0.4) is 0 Å². The van der Waals surface area contributed by atoms with Crippen molar-refractivity contribution in [2.75, 3.05) is 13.3 Å². The third-order valence-electron chi connectivity index (χ3n) is 2.35. The summed E-state index contributed by atoms with van der Waals surface area (Å²) in [6.45, 7) is 4.95. The highest BCUT2D eigenvalue weighted by Gasteiger charge is 2.01. The number of amides is 2. The monoisotopic (exact) mass is 236 g/mol. The summed E-state index contributed by atoms with van der Waals surface area (Å²) >= 11 is 0. The molecule has 0 aliphatic carbocycles. The standard InChI is InChI=1S/C13H20N2O2/c1-3-9-14-13(16)15-10-17-12-8-6-5-7-11(12)4-2/h5-8H,3-4,9-10H2,1-2H3,(H2,14,15,16). The van der Waals surface area contributed by atoms with E-state index in [4.69, 9.17) is 4.74 Å². The Kier molecular flexibility index (Phi) is 5.93. The molecule has 0 bridgehead atoms. The molecule has 0 aromatic heterocycles. The van der Waals surface area contributed by atoms with Crippen molar-refractivity contribution in [3.8, 4) is 5.75 Å². The molecule has 0 aliphatic rings. The van der Waals surface area contributed by atoms with Gasteiger partial charge in [0.1, 0.15) is 5.75 Å². The Balaban J connectivity index is 2.33. The number of para-hydroxylation sites is 1. The molecule has 0 radical (unpaired) electrons. The Bertz CT molecular complexity index is 353. The van der Waals surface area contributed by atoms with E-state index in [1.807, 2.05) is 31.2 Å². The first-order valence-electron chi connectivity index (χ1n) is 6.00. The molecule has 0 spiro atoms. The Morgan fingerprint density at radius 1 is 1.24 bits per heavy atom. The molecule has 0 saturated carbocycles. The highest BCUT2D eigenvalue weighted by molar-refractivity contribution is 5.73. The summed E-state index contributed by atoms with van der Waals surface area (Å²) in [7, 11) is 0. The fraction of sp³-hybridized carbons (Fsp3) is 0.462. The van der Waals surface area contributed by atoms with Crippen LogP contribution in [-0.2, 0) is 6.42 Å². The van der Waals surface area contributed by atoms with Crippen LogP contribution >= 0.6 is 0 Å². The van der Waals surface area contributed by atoms with Crippen molar-refractivity contribution in [1.29, 1.82) is 0 Å². The van der Waals surface area contributed by atoms with Crippen LogP contribution in [0, 0.1) is 0 Å². The lowest BCUT2D eigenvalue weighted by molar-refractivity contribution is 0.223. The van der Waals surface area contributed by atoms with Gasteiger partial charge >= 0.3 is 6.03 Å². The van der Waals surface area contributed by atoms with Crippen molar-refractivity contribution in [2.24, 2.45) is 0 Å². The van der Waals surface area contributed by atoms with E-state index in [1.54, 1.807) is 0 Å². The van der Waals surface area contributed by atoms with Crippen LogP contribution in [0.5, 0.6) is 5.75 Å². The number of urea groups is 1. The number of nitrogens with one attached hydrogen (secondary N) is 2. The molecular formula is C13H20N2O2. The van der Waals surface area contributed by atoms with Gasteiger partial charge in [-0.3, -0.25) is 0 Å². The zero-order chi connectivity index (χ0) is 12.5. The first-order valence-corrected chi connectivity index (χ1v) is 6.00. The van der Waals surface area contributed by atoms with Crippen LogP contribution in [0.1, 0.15) is 25.8 Å². The minimum Gasteiger partial charge on any atom is -0.473 e. The normalized spacial score (nSPS) is 9.76. The van der Waals surface area contributed by atoms with Gasteiger partial charge in [0.15, 0.2) is 6.73 Å². The van der Waals surface area contributed by atoms with Gasteiger partial charge in [-0.25, -0.2) is 4.79 Å². The highest BCUT2D eigenvalue weighted by atomic mass is 16.5. The van der Waals surface area contributed by atoms with E-state index in [-0.39, 0.29) is 12.8 Å². The third-order valence-corrected chi connectivity index (χ3v) is 2.35. The van der Waals surface area contributed by atoms with Crippen LogP contribution in [-0.4, -0.2) is 19.3 Å². The van der Waals surface area contributed by atoms with Crippen molar-refractivity contribution in [3.63, 3.8) is 0 Å². The van der Waals surface area contributed by atoms with Gasteiger partial charge in [-0.2, -0.15) is 0 Å². The van der Waals surface area contributed by atoms with E-state index in [0.29, 0.717) is 6.54 Å². The SMILES string of the molecule is CCCNC(=O)NCOc1ccccc1CC. The summed E-state index contributed by atoms with van der Waals surface area (Å²) in [5.41, 5.74) is 1.14. The number of ether oxygens (including phenoxy) is 1. The Hall–Kier alpha value is -1.71. The predicted octanol–water partition coefficient (Wildman–Crippen LogP) is 2.29. The Labute approximate surface area is 102 Å². The van der Waals surface area contributed by atoms with E-state index in [1.165, 1.54) is 0 Å². The van der Waals surface area contributed by atoms with E-state index < -0.39 is 0 Å².